The molecule has 0 amide bonds. The van der Waals surface area contributed by atoms with Crippen LogP contribution in [0.15, 0.2) is 66.7 Å². The van der Waals surface area contributed by atoms with Crippen LogP contribution in [0.2, 0.25) is 0 Å². The van der Waals surface area contributed by atoms with Gasteiger partial charge in [-0.2, -0.15) is 0 Å². The molecule has 3 aromatic rings. The van der Waals surface area contributed by atoms with E-state index in [1.807, 2.05) is 0 Å². The highest BCUT2D eigenvalue weighted by Gasteiger charge is 2.35. The van der Waals surface area contributed by atoms with Crippen molar-refractivity contribution >= 4 is 17.3 Å². The molecule has 0 radical (unpaired) electrons. The molecule has 25 heavy (non-hydrogen) atoms. The van der Waals surface area contributed by atoms with Crippen LogP contribution in [0.1, 0.15) is 31.8 Å². The predicted octanol–water partition coefficient (Wildman–Crippen LogP) is 4.04. The Kier molecular flexibility index (Phi) is 3.28. The molecule has 4 rings (SSSR count). The number of hydrogen-bond donors (Lipinski definition) is 0. The summed E-state index contributed by atoms with van der Waals surface area (Å²) in [5.74, 6) is -0.662. The normalized spacial score (nSPS) is 12.5. The molecule has 0 N–H and O–H groups in total. The molecule has 0 unspecified atom stereocenters. The van der Waals surface area contributed by atoms with E-state index in [0.29, 0.717) is 11.1 Å². The Morgan fingerprint density at radius 1 is 0.640 bits per heavy atom. The first-order valence-electron chi connectivity index (χ1n) is 7.65. The molecule has 1 aliphatic carbocycles. The molecule has 5 nitrogen and oxygen atoms in total. The zero-order valence-electron chi connectivity index (χ0n) is 12.9. The van der Waals surface area contributed by atoms with Gasteiger partial charge in [0.25, 0.3) is 5.69 Å². The lowest BCUT2D eigenvalue weighted by molar-refractivity contribution is -0.384. The van der Waals surface area contributed by atoms with E-state index in [4.69, 9.17) is 0 Å². The summed E-state index contributed by atoms with van der Waals surface area (Å²) in [5.41, 5.74) is 1.44. The number of nitro groups is 1. The first-order valence-corrected chi connectivity index (χ1v) is 7.65. The van der Waals surface area contributed by atoms with E-state index >= 15 is 0 Å². The third-order valence-electron chi connectivity index (χ3n) is 4.33. The van der Waals surface area contributed by atoms with Crippen molar-refractivity contribution in [3.8, 4) is 11.1 Å². The smallest absolute Gasteiger partial charge is 0.277 e. The zero-order chi connectivity index (χ0) is 17.6. The molecule has 0 spiro atoms. The summed E-state index contributed by atoms with van der Waals surface area (Å²) in [6.07, 6.45) is 0. The van der Waals surface area contributed by atoms with Crippen LogP contribution in [0, 0.1) is 10.1 Å². The van der Waals surface area contributed by atoms with E-state index in [9.17, 15) is 19.7 Å². The molecule has 0 saturated heterocycles. The minimum atomic E-state index is -0.527. The van der Waals surface area contributed by atoms with E-state index in [1.165, 1.54) is 12.1 Å². The number of benzene rings is 3. The van der Waals surface area contributed by atoms with Gasteiger partial charge in [-0.05, 0) is 11.6 Å². The molecule has 120 valence electrons. The van der Waals surface area contributed by atoms with Crippen molar-refractivity contribution in [3.05, 3.63) is 99.1 Å². The molecule has 0 heterocycles. The van der Waals surface area contributed by atoms with Crippen molar-refractivity contribution in [2.45, 2.75) is 0 Å². The molecule has 0 atom stereocenters. The van der Waals surface area contributed by atoms with Crippen LogP contribution in [0.25, 0.3) is 11.1 Å². The van der Waals surface area contributed by atoms with Crippen LogP contribution >= 0.6 is 0 Å². The summed E-state index contributed by atoms with van der Waals surface area (Å²) in [5, 5.41) is 11.5. The maximum absolute atomic E-state index is 13.0. The Bertz CT molecular complexity index is 1050. The Balaban J connectivity index is 2.10. The molecule has 0 saturated carbocycles. The van der Waals surface area contributed by atoms with E-state index in [2.05, 4.69) is 0 Å². The number of rotatable bonds is 2. The van der Waals surface area contributed by atoms with Gasteiger partial charge in [0.05, 0.1) is 10.5 Å². The van der Waals surface area contributed by atoms with Crippen LogP contribution in [0.3, 0.4) is 0 Å². The lowest BCUT2D eigenvalue weighted by Crippen LogP contribution is -2.22. The third kappa shape index (κ3) is 2.17. The highest BCUT2D eigenvalue weighted by Crippen LogP contribution is 2.39. The highest BCUT2D eigenvalue weighted by molar-refractivity contribution is 6.30. The summed E-state index contributed by atoms with van der Waals surface area (Å²) < 4.78 is 0. The van der Waals surface area contributed by atoms with Gasteiger partial charge in [-0.3, -0.25) is 19.7 Å². The van der Waals surface area contributed by atoms with Crippen molar-refractivity contribution in [1.82, 2.24) is 0 Å². The van der Waals surface area contributed by atoms with Gasteiger partial charge in [0.1, 0.15) is 0 Å². The van der Waals surface area contributed by atoms with E-state index in [0.717, 1.165) is 0 Å². The Labute approximate surface area is 142 Å². The molecule has 0 bridgehead atoms. The monoisotopic (exact) mass is 329 g/mol. The number of hydrogen-bond acceptors (Lipinski definition) is 4. The molecule has 5 heteroatoms. The Morgan fingerprint density at radius 3 is 1.88 bits per heavy atom. The number of carbonyl (C=O) groups excluding carboxylic acids is 2. The first-order chi connectivity index (χ1) is 12.1. The largest absolute Gasteiger partial charge is 0.289 e. The van der Waals surface area contributed by atoms with Gasteiger partial charge in [-0.1, -0.05) is 54.6 Å². The fourth-order valence-electron chi connectivity index (χ4n) is 3.22. The van der Waals surface area contributed by atoms with Crippen LogP contribution < -0.4 is 0 Å². The number of carbonyl (C=O) groups is 2. The van der Waals surface area contributed by atoms with Crippen LogP contribution in [0.5, 0.6) is 0 Å². The highest BCUT2D eigenvalue weighted by atomic mass is 16.6. The van der Waals surface area contributed by atoms with Crippen molar-refractivity contribution < 1.29 is 14.5 Å². The first kappa shape index (κ1) is 15.0. The van der Waals surface area contributed by atoms with Crippen LogP contribution in [0.4, 0.5) is 5.69 Å². The van der Waals surface area contributed by atoms with Gasteiger partial charge >= 0.3 is 0 Å². The van der Waals surface area contributed by atoms with Crippen molar-refractivity contribution in [3.63, 3.8) is 0 Å². The molecule has 0 aromatic heterocycles. The third-order valence-corrected chi connectivity index (χ3v) is 4.33. The summed E-state index contributed by atoms with van der Waals surface area (Å²) in [6, 6.07) is 17.9. The Hall–Kier alpha value is -3.60. The molecule has 1 aliphatic rings. The lowest BCUT2D eigenvalue weighted by atomic mass is 9.80. The van der Waals surface area contributed by atoms with Gasteiger partial charge in [0.15, 0.2) is 11.6 Å². The van der Waals surface area contributed by atoms with Gasteiger partial charge in [-0.15, -0.1) is 0 Å². The van der Waals surface area contributed by atoms with E-state index < -0.39 is 4.92 Å². The average Bonchev–Trinajstić information content (AvgIpc) is 2.65. The second-order valence-corrected chi connectivity index (χ2v) is 5.71. The summed E-state index contributed by atoms with van der Waals surface area (Å²) in [4.78, 5) is 36.8. The van der Waals surface area contributed by atoms with Gasteiger partial charge in [0, 0.05) is 28.3 Å². The topological polar surface area (TPSA) is 77.3 Å². The fraction of sp³-hybridized carbons (Fsp3) is 0. The van der Waals surface area contributed by atoms with Crippen LogP contribution in [-0.2, 0) is 0 Å². The number of nitrogens with zero attached hydrogens (tertiary/aromatic N) is 1. The second-order valence-electron chi connectivity index (χ2n) is 5.71. The van der Waals surface area contributed by atoms with Gasteiger partial charge in [0.2, 0.25) is 0 Å². The molecular formula is C20H11NO4. The van der Waals surface area contributed by atoms with E-state index in [1.54, 1.807) is 54.6 Å². The van der Waals surface area contributed by atoms with Gasteiger partial charge < -0.3 is 0 Å². The number of ketones is 2. The SMILES string of the molecule is O=C1c2ccccc2C(=O)c2c1ccc([N+](=O)[O-])c2-c1ccccc1. The molecule has 3 aromatic carbocycles. The second kappa shape index (κ2) is 5.49. The quantitative estimate of drug-likeness (QED) is 0.411. The molecular weight excluding hydrogens is 318 g/mol. The summed E-state index contributed by atoms with van der Waals surface area (Å²) in [7, 11) is 0. The maximum Gasteiger partial charge on any atom is 0.277 e. The zero-order valence-corrected chi connectivity index (χ0v) is 12.9. The van der Waals surface area contributed by atoms with Gasteiger partial charge in [-0.25, -0.2) is 0 Å². The Morgan fingerprint density at radius 2 is 1.24 bits per heavy atom. The minimum Gasteiger partial charge on any atom is -0.289 e. The van der Waals surface area contributed by atoms with Crippen molar-refractivity contribution in [1.29, 1.82) is 0 Å². The average molecular weight is 329 g/mol. The maximum atomic E-state index is 13.0. The summed E-state index contributed by atoms with van der Waals surface area (Å²) in [6.45, 7) is 0. The lowest BCUT2D eigenvalue weighted by Gasteiger charge is -2.20. The van der Waals surface area contributed by atoms with Crippen LogP contribution in [-0.4, -0.2) is 16.5 Å². The number of nitro benzene ring substituents is 1. The standard InChI is InChI=1S/C20H11NO4/c22-19-13-8-4-5-9-14(13)20(23)18-15(19)10-11-16(21(24)25)17(18)12-6-2-1-3-7-12/h1-11H. The number of fused-ring (bicyclic) bond motifs is 2. The van der Waals surface area contributed by atoms with E-state index in [-0.39, 0.29) is 39.5 Å². The molecule has 0 fully saturated rings. The predicted molar refractivity (Wildman–Crippen MR) is 91.8 cm³/mol. The molecule has 0 aliphatic heterocycles. The fourth-order valence-corrected chi connectivity index (χ4v) is 3.22. The van der Waals surface area contributed by atoms with Crippen molar-refractivity contribution in [2.24, 2.45) is 0 Å². The minimum absolute atomic E-state index is 0.101. The van der Waals surface area contributed by atoms with Crippen molar-refractivity contribution in [2.75, 3.05) is 0 Å². The summed E-state index contributed by atoms with van der Waals surface area (Å²) >= 11 is 0.